The zero-order valence-electron chi connectivity index (χ0n) is 17.1. The largest absolute Gasteiger partial charge is 0.465 e. The number of hydrogen-bond donors (Lipinski definition) is 1. The van der Waals surface area contributed by atoms with Gasteiger partial charge in [-0.2, -0.15) is 0 Å². The number of amides is 2. The van der Waals surface area contributed by atoms with Crippen LogP contribution < -0.4 is 4.90 Å². The summed E-state index contributed by atoms with van der Waals surface area (Å²) in [7, 11) is 1.30. The number of anilines is 1. The van der Waals surface area contributed by atoms with Crippen LogP contribution in [0.2, 0.25) is 0 Å². The Hall–Kier alpha value is -2.55. The van der Waals surface area contributed by atoms with E-state index in [2.05, 4.69) is 20.7 Å². The third-order valence-electron chi connectivity index (χ3n) is 6.12. The number of nitrogens with zero attached hydrogens (tertiary/aromatic N) is 2. The zero-order chi connectivity index (χ0) is 22.2. The first kappa shape index (κ1) is 21.7. The van der Waals surface area contributed by atoms with E-state index in [1.165, 1.54) is 24.1 Å². The number of rotatable bonds is 4. The molecule has 2 amide bonds. The molecule has 2 saturated heterocycles. The molecule has 2 aliphatic heterocycles. The molecule has 0 radical (unpaired) electrons. The summed E-state index contributed by atoms with van der Waals surface area (Å²) in [5.74, 6) is -1.02. The molecule has 1 atom stereocenters. The summed E-state index contributed by atoms with van der Waals surface area (Å²) in [6.45, 7) is 1.04. The second-order valence-electron chi connectivity index (χ2n) is 7.90. The van der Waals surface area contributed by atoms with Crippen LogP contribution in [-0.2, 0) is 19.9 Å². The molecule has 0 aliphatic carbocycles. The lowest BCUT2D eigenvalue weighted by Crippen LogP contribution is -2.49. The van der Waals surface area contributed by atoms with Gasteiger partial charge in [0.25, 0.3) is 5.91 Å². The minimum absolute atomic E-state index is 0.105. The van der Waals surface area contributed by atoms with Crippen LogP contribution in [0.15, 0.2) is 53.0 Å². The fourth-order valence-electron chi connectivity index (χ4n) is 4.29. The smallest absolute Gasteiger partial charge is 0.337 e. The lowest BCUT2D eigenvalue weighted by atomic mass is 9.84. The molecule has 1 N–H and O–H groups in total. The zero-order valence-corrected chi connectivity index (χ0v) is 18.7. The van der Waals surface area contributed by atoms with Crippen LogP contribution in [0.4, 0.5) is 5.69 Å². The Kier molecular flexibility index (Phi) is 5.96. The highest BCUT2D eigenvalue weighted by Crippen LogP contribution is 2.36. The van der Waals surface area contributed by atoms with Gasteiger partial charge in [0.1, 0.15) is 0 Å². The van der Waals surface area contributed by atoms with Crippen LogP contribution in [0.3, 0.4) is 0 Å². The van der Waals surface area contributed by atoms with Crippen molar-refractivity contribution < 1.29 is 24.2 Å². The van der Waals surface area contributed by atoms with E-state index >= 15 is 0 Å². The summed E-state index contributed by atoms with van der Waals surface area (Å²) in [6.07, 6.45) is 1.08. The van der Waals surface area contributed by atoms with Gasteiger partial charge in [-0.25, -0.2) is 9.69 Å². The number of esters is 1. The lowest BCUT2D eigenvalue weighted by molar-refractivity contribution is -0.124. The van der Waals surface area contributed by atoms with Crippen LogP contribution in [0.5, 0.6) is 0 Å². The van der Waals surface area contributed by atoms with E-state index in [9.17, 15) is 19.5 Å². The molecule has 0 spiro atoms. The Morgan fingerprint density at radius 3 is 2.26 bits per heavy atom. The van der Waals surface area contributed by atoms with E-state index in [1.807, 2.05) is 29.2 Å². The first-order valence-electron chi connectivity index (χ1n) is 10.1. The number of imide groups is 1. The van der Waals surface area contributed by atoms with Crippen molar-refractivity contribution in [3.05, 3.63) is 64.1 Å². The molecule has 4 rings (SSSR count). The minimum atomic E-state index is -0.938. The highest BCUT2D eigenvalue weighted by atomic mass is 79.9. The predicted molar refractivity (Wildman–Crippen MR) is 118 cm³/mol. The molecule has 7 nitrogen and oxygen atoms in total. The van der Waals surface area contributed by atoms with Crippen molar-refractivity contribution in [3.8, 4) is 0 Å². The topological polar surface area (TPSA) is 87.2 Å². The molecule has 31 heavy (non-hydrogen) atoms. The van der Waals surface area contributed by atoms with E-state index in [-0.39, 0.29) is 18.2 Å². The standard InChI is InChI=1S/C23H23BrN2O5/c1-31-22(29)15-2-8-18(9-3-15)26-20(27)14-19(21(26)28)25-12-10-23(30,11-13-25)16-4-6-17(24)7-5-16/h2-9,19,30H,10-14H2,1H3/t19-/m1/s1. The van der Waals surface area contributed by atoms with Crippen molar-refractivity contribution in [2.24, 2.45) is 0 Å². The normalized spacial score (nSPS) is 21.4. The van der Waals surface area contributed by atoms with Crippen LogP contribution in [0.25, 0.3) is 0 Å². The summed E-state index contributed by atoms with van der Waals surface area (Å²) < 4.78 is 5.63. The van der Waals surface area contributed by atoms with Gasteiger partial charge in [0.15, 0.2) is 0 Å². The number of carbonyl (C=O) groups is 3. The fraction of sp³-hybridized carbons (Fsp3) is 0.348. The molecule has 0 saturated carbocycles. The van der Waals surface area contributed by atoms with Gasteiger partial charge in [0.2, 0.25) is 5.91 Å². The van der Waals surface area contributed by atoms with E-state index in [4.69, 9.17) is 0 Å². The van der Waals surface area contributed by atoms with Crippen molar-refractivity contribution in [3.63, 3.8) is 0 Å². The van der Waals surface area contributed by atoms with Crippen molar-refractivity contribution in [2.45, 2.75) is 30.9 Å². The van der Waals surface area contributed by atoms with Crippen molar-refractivity contribution in [2.75, 3.05) is 25.1 Å². The van der Waals surface area contributed by atoms with Gasteiger partial charge >= 0.3 is 5.97 Å². The molecule has 0 unspecified atom stereocenters. The molecule has 2 aromatic rings. The maximum Gasteiger partial charge on any atom is 0.337 e. The number of likely N-dealkylation sites (tertiary alicyclic amines) is 1. The van der Waals surface area contributed by atoms with Gasteiger partial charge in [-0.15, -0.1) is 0 Å². The summed E-state index contributed by atoms with van der Waals surface area (Å²) in [4.78, 5) is 40.5. The molecular weight excluding hydrogens is 464 g/mol. The number of carbonyl (C=O) groups excluding carboxylic acids is 3. The first-order valence-corrected chi connectivity index (χ1v) is 10.9. The van der Waals surface area contributed by atoms with Crippen molar-refractivity contribution in [1.82, 2.24) is 4.90 Å². The molecular formula is C23H23BrN2O5. The Morgan fingerprint density at radius 2 is 1.68 bits per heavy atom. The molecule has 0 bridgehead atoms. The highest BCUT2D eigenvalue weighted by Gasteiger charge is 2.45. The quantitative estimate of drug-likeness (QED) is 0.528. The number of ether oxygens (including phenoxy) is 1. The second kappa shape index (κ2) is 8.53. The van der Waals surface area contributed by atoms with Crippen molar-refractivity contribution in [1.29, 1.82) is 0 Å². The van der Waals surface area contributed by atoms with Gasteiger partial charge in [-0.05, 0) is 54.8 Å². The third kappa shape index (κ3) is 4.15. The number of piperidine rings is 1. The summed E-state index contributed by atoms with van der Waals surface area (Å²) in [6, 6.07) is 13.3. The Bertz CT molecular complexity index is 998. The Labute approximate surface area is 188 Å². The predicted octanol–water partition coefficient (Wildman–Crippen LogP) is 2.85. The van der Waals surface area contributed by atoms with Gasteiger partial charge in [0, 0.05) is 17.6 Å². The van der Waals surface area contributed by atoms with Crippen LogP contribution in [0.1, 0.15) is 35.2 Å². The molecule has 2 aromatic carbocycles. The Balaban J connectivity index is 1.45. The third-order valence-corrected chi connectivity index (χ3v) is 6.65. The summed E-state index contributed by atoms with van der Waals surface area (Å²) in [5.41, 5.74) is 0.710. The first-order chi connectivity index (χ1) is 14.8. The van der Waals surface area contributed by atoms with Crippen LogP contribution in [0, 0.1) is 0 Å². The van der Waals surface area contributed by atoms with E-state index < -0.39 is 17.6 Å². The maximum absolute atomic E-state index is 13.1. The van der Waals surface area contributed by atoms with Gasteiger partial charge in [0.05, 0.1) is 36.4 Å². The molecule has 2 aliphatic rings. The highest BCUT2D eigenvalue weighted by molar-refractivity contribution is 9.10. The van der Waals surface area contributed by atoms with Gasteiger partial charge < -0.3 is 9.84 Å². The van der Waals surface area contributed by atoms with E-state index in [1.54, 1.807) is 12.1 Å². The average molecular weight is 487 g/mol. The summed E-state index contributed by atoms with van der Waals surface area (Å²) in [5, 5.41) is 11.1. The van der Waals surface area contributed by atoms with Crippen LogP contribution in [-0.4, -0.2) is 54.0 Å². The molecule has 162 valence electrons. The average Bonchev–Trinajstić information content (AvgIpc) is 3.08. The molecule has 0 aromatic heterocycles. The molecule has 8 heteroatoms. The fourth-order valence-corrected chi connectivity index (χ4v) is 4.56. The van der Waals surface area contributed by atoms with E-state index in [0.717, 1.165) is 10.0 Å². The molecule has 2 fully saturated rings. The number of benzene rings is 2. The van der Waals surface area contributed by atoms with Crippen LogP contribution >= 0.6 is 15.9 Å². The SMILES string of the molecule is COC(=O)c1ccc(N2C(=O)C[C@@H](N3CCC(O)(c4ccc(Br)cc4)CC3)C2=O)cc1. The molecule has 2 heterocycles. The van der Waals surface area contributed by atoms with Gasteiger partial charge in [-0.3, -0.25) is 14.5 Å². The number of hydrogen-bond acceptors (Lipinski definition) is 6. The monoisotopic (exact) mass is 486 g/mol. The van der Waals surface area contributed by atoms with Crippen molar-refractivity contribution >= 4 is 39.4 Å². The number of aliphatic hydroxyl groups is 1. The number of methoxy groups -OCH3 is 1. The Morgan fingerprint density at radius 1 is 1.06 bits per heavy atom. The number of halogens is 1. The van der Waals surface area contributed by atoms with Gasteiger partial charge in [-0.1, -0.05) is 28.1 Å². The second-order valence-corrected chi connectivity index (χ2v) is 8.82. The maximum atomic E-state index is 13.1. The summed E-state index contributed by atoms with van der Waals surface area (Å²) >= 11 is 3.41. The van der Waals surface area contributed by atoms with E-state index in [0.29, 0.717) is 37.2 Å². The minimum Gasteiger partial charge on any atom is -0.465 e. The lowest BCUT2D eigenvalue weighted by Gasteiger charge is -2.40.